The van der Waals surface area contributed by atoms with Crippen LogP contribution < -0.4 is 0 Å². The van der Waals surface area contributed by atoms with E-state index in [4.69, 9.17) is 0 Å². The molecule has 1 aromatic heterocycles. The Morgan fingerprint density at radius 1 is 0.957 bits per heavy atom. The Bertz CT molecular complexity index is 817. The molecule has 1 nitrogen and oxygen atoms in total. The number of benzene rings is 2. The van der Waals surface area contributed by atoms with Gasteiger partial charge < -0.3 is 0 Å². The molecule has 2 aromatic carbocycles. The highest BCUT2D eigenvalue weighted by Gasteiger charge is 2.07. The van der Waals surface area contributed by atoms with Gasteiger partial charge in [0.05, 0.1) is 5.52 Å². The number of nitrogens with zero attached hydrogens (tertiary/aromatic N) is 1. The molecule has 3 rings (SSSR count). The Labute approximate surface area is 139 Å². The predicted octanol–water partition coefficient (Wildman–Crippen LogP) is 5.79. The lowest BCUT2D eigenvalue weighted by molar-refractivity contribution is 0.792. The largest absolute Gasteiger partial charge is 0.256 e. The van der Waals surface area contributed by atoms with Crippen LogP contribution in [0.1, 0.15) is 47.6 Å². The third kappa shape index (κ3) is 3.61. The Kier molecular flexibility index (Phi) is 4.76. The number of unbranched alkanes of at least 4 members (excludes halogenated alkanes) is 1. The Morgan fingerprint density at radius 3 is 2.61 bits per heavy atom. The van der Waals surface area contributed by atoms with Crippen LogP contribution in [0.3, 0.4) is 0 Å². The maximum Gasteiger partial charge on any atom is 0.0707 e. The lowest BCUT2D eigenvalue weighted by Gasteiger charge is -2.11. The van der Waals surface area contributed by atoms with E-state index >= 15 is 0 Å². The molecule has 23 heavy (non-hydrogen) atoms. The van der Waals surface area contributed by atoms with Gasteiger partial charge in [-0.05, 0) is 73.6 Å². The monoisotopic (exact) mass is 303 g/mol. The Hall–Kier alpha value is -2.15. The van der Waals surface area contributed by atoms with Crippen LogP contribution in [-0.2, 0) is 12.8 Å². The SMILES string of the molecule is CCCCc1cc2nccc(Cc3cccc(C)c3)c2cc1C. The summed E-state index contributed by atoms with van der Waals surface area (Å²) in [6, 6.07) is 15.6. The van der Waals surface area contributed by atoms with E-state index in [9.17, 15) is 0 Å². The van der Waals surface area contributed by atoms with Crippen molar-refractivity contribution in [1.82, 2.24) is 4.98 Å². The molecule has 1 heterocycles. The van der Waals surface area contributed by atoms with Crippen molar-refractivity contribution in [3.63, 3.8) is 0 Å². The van der Waals surface area contributed by atoms with Gasteiger partial charge in [0.15, 0.2) is 0 Å². The van der Waals surface area contributed by atoms with Gasteiger partial charge in [0, 0.05) is 11.6 Å². The van der Waals surface area contributed by atoms with Crippen LogP contribution in [0.2, 0.25) is 0 Å². The van der Waals surface area contributed by atoms with Crippen molar-refractivity contribution >= 4 is 10.9 Å². The zero-order chi connectivity index (χ0) is 16.2. The molecule has 0 spiro atoms. The van der Waals surface area contributed by atoms with Gasteiger partial charge in [0.1, 0.15) is 0 Å². The maximum atomic E-state index is 4.61. The van der Waals surface area contributed by atoms with Gasteiger partial charge in [0.25, 0.3) is 0 Å². The lowest BCUT2D eigenvalue weighted by Crippen LogP contribution is -1.96. The molecule has 0 saturated heterocycles. The minimum Gasteiger partial charge on any atom is -0.256 e. The van der Waals surface area contributed by atoms with Gasteiger partial charge >= 0.3 is 0 Å². The number of rotatable bonds is 5. The van der Waals surface area contributed by atoms with E-state index in [0.717, 1.165) is 18.4 Å². The molecule has 1 heteroatoms. The smallest absolute Gasteiger partial charge is 0.0707 e. The van der Waals surface area contributed by atoms with Gasteiger partial charge in [-0.1, -0.05) is 43.2 Å². The highest BCUT2D eigenvalue weighted by Crippen LogP contribution is 2.24. The minimum atomic E-state index is 0.967. The van der Waals surface area contributed by atoms with Gasteiger partial charge in [-0.15, -0.1) is 0 Å². The second-order valence-electron chi connectivity index (χ2n) is 6.54. The average molecular weight is 303 g/mol. The van der Waals surface area contributed by atoms with Crippen molar-refractivity contribution in [2.75, 3.05) is 0 Å². The lowest BCUT2D eigenvalue weighted by atomic mass is 9.95. The highest BCUT2D eigenvalue weighted by atomic mass is 14.6. The van der Waals surface area contributed by atoms with Crippen molar-refractivity contribution < 1.29 is 0 Å². The summed E-state index contributed by atoms with van der Waals surface area (Å²) in [5, 5.41) is 1.30. The maximum absolute atomic E-state index is 4.61. The molecule has 0 atom stereocenters. The number of aryl methyl sites for hydroxylation is 3. The molecule has 0 fully saturated rings. The number of aromatic nitrogens is 1. The van der Waals surface area contributed by atoms with Crippen molar-refractivity contribution in [2.24, 2.45) is 0 Å². The minimum absolute atomic E-state index is 0.967. The first-order valence-corrected chi connectivity index (χ1v) is 8.60. The first-order chi connectivity index (χ1) is 11.2. The fourth-order valence-corrected chi connectivity index (χ4v) is 3.23. The number of hydrogen-bond donors (Lipinski definition) is 0. The van der Waals surface area contributed by atoms with Crippen LogP contribution in [0.25, 0.3) is 10.9 Å². The number of hydrogen-bond acceptors (Lipinski definition) is 1. The molecule has 0 aliphatic rings. The summed E-state index contributed by atoms with van der Waals surface area (Å²) >= 11 is 0. The summed E-state index contributed by atoms with van der Waals surface area (Å²) in [5.74, 6) is 0. The molecule has 0 bridgehead atoms. The first-order valence-electron chi connectivity index (χ1n) is 8.60. The van der Waals surface area contributed by atoms with E-state index in [1.165, 1.54) is 46.0 Å². The molecule has 0 unspecified atom stereocenters. The van der Waals surface area contributed by atoms with Crippen LogP contribution in [0.5, 0.6) is 0 Å². The van der Waals surface area contributed by atoms with Crippen molar-refractivity contribution in [3.8, 4) is 0 Å². The van der Waals surface area contributed by atoms with Crippen LogP contribution >= 0.6 is 0 Å². The normalized spacial score (nSPS) is 11.1. The number of pyridine rings is 1. The molecule has 0 aliphatic heterocycles. The van der Waals surface area contributed by atoms with E-state index < -0.39 is 0 Å². The van der Waals surface area contributed by atoms with Crippen molar-refractivity contribution in [3.05, 3.63) is 76.5 Å². The second-order valence-corrected chi connectivity index (χ2v) is 6.54. The van der Waals surface area contributed by atoms with Gasteiger partial charge in [0.2, 0.25) is 0 Å². The van der Waals surface area contributed by atoms with Crippen LogP contribution in [0.4, 0.5) is 0 Å². The summed E-state index contributed by atoms with van der Waals surface area (Å²) in [6.07, 6.45) is 6.55. The quantitative estimate of drug-likeness (QED) is 0.581. The van der Waals surface area contributed by atoms with E-state index in [1.807, 2.05) is 6.20 Å². The fraction of sp³-hybridized carbons (Fsp3) is 0.318. The molecule has 0 N–H and O–H groups in total. The fourth-order valence-electron chi connectivity index (χ4n) is 3.23. The van der Waals surface area contributed by atoms with E-state index in [-0.39, 0.29) is 0 Å². The molecular weight excluding hydrogens is 278 g/mol. The predicted molar refractivity (Wildman–Crippen MR) is 99.1 cm³/mol. The molecule has 3 aromatic rings. The third-order valence-corrected chi connectivity index (χ3v) is 4.57. The van der Waals surface area contributed by atoms with E-state index in [2.05, 4.69) is 68.2 Å². The van der Waals surface area contributed by atoms with E-state index in [0.29, 0.717) is 0 Å². The number of fused-ring (bicyclic) bond motifs is 1. The summed E-state index contributed by atoms with van der Waals surface area (Å²) < 4.78 is 0. The Morgan fingerprint density at radius 2 is 1.83 bits per heavy atom. The molecule has 0 saturated carbocycles. The van der Waals surface area contributed by atoms with Gasteiger partial charge in [-0.2, -0.15) is 0 Å². The molecule has 0 aliphatic carbocycles. The molecule has 0 radical (unpaired) electrons. The Balaban J connectivity index is 1.99. The zero-order valence-corrected chi connectivity index (χ0v) is 14.4. The standard InChI is InChI=1S/C22H25N/c1-4-5-9-19-15-22-21(13-17(19)3)20(10-11-23-22)14-18-8-6-7-16(2)12-18/h6-8,10-13,15H,4-5,9,14H2,1-3H3. The summed E-state index contributed by atoms with van der Waals surface area (Å²) in [4.78, 5) is 4.61. The molecular formula is C22H25N. The highest BCUT2D eigenvalue weighted by molar-refractivity contribution is 5.84. The molecule has 118 valence electrons. The van der Waals surface area contributed by atoms with Crippen molar-refractivity contribution in [2.45, 2.75) is 46.5 Å². The molecule has 0 amide bonds. The van der Waals surface area contributed by atoms with Gasteiger partial charge in [-0.25, -0.2) is 0 Å². The second kappa shape index (κ2) is 6.95. The van der Waals surface area contributed by atoms with Crippen LogP contribution in [0.15, 0.2) is 48.7 Å². The topological polar surface area (TPSA) is 12.9 Å². The van der Waals surface area contributed by atoms with Gasteiger partial charge in [-0.3, -0.25) is 4.98 Å². The zero-order valence-electron chi connectivity index (χ0n) is 14.4. The van der Waals surface area contributed by atoms with E-state index in [1.54, 1.807) is 0 Å². The average Bonchev–Trinajstić information content (AvgIpc) is 2.54. The first kappa shape index (κ1) is 15.7. The van der Waals surface area contributed by atoms with Crippen molar-refractivity contribution in [1.29, 1.82) is 0 Å². The summed E-state index contributed by atoms with van der Waals surface area (Å²) in [6.45, 7) is 6.63. The van der Waals surface area contributed by atoms with Crippen LogP contribution in [0, 0.1) is 13.8 Å². The summed E-state index contributed by atoms with van der Waals surface area (Å²) in [5.41, 5.74) is 8.02. The summed E-state index contributed by atoms with van der Waals surface area (Å²) in [7, 11) is 0. The van der Waals surface area contributed by atoms with Crippen LogP contribution in [-0.4, -0.2) is 4.98 Å². The third-order valence-electron chi connectivity index (χ3n) is 4.57.